The van der Waals surface area contributed by atoms with Crippen LogP contribution in [-0.2, 0) is 4.79 Å². The topological polar surface area (TPSA) is 55.1 Å². The van der Waals surface area contributed by atoms with Gasteiger partial charge in [-0.25, -0.2) is 4.98 Å². The highest BCUT2D eigenvalue weighted by molar-refractivity contribution is 6.01. The molecule has 4 heteroatoms. The molecular weight excluding hydrogens is 216 g/mol. The maximum atomic E-state index is 11.5. The first kappa shape index (κ1) is 11.1. The van der Waals surface area contributed by atoms with E-state index >= 15 is 0 Å². The number of carbonyl (C=O) groups excluding carboxylic acids is 1. The Labute approximate surface area is 99.0 Å². The number of hydrogen-bond donors (Lipinski definition) is 1. The van der Waals surface area contributed by atoms with Crippen molar-refractivity contribution < 1.29 is 9.21 Å². The van der Waals surface area contributed by atoms with E-state index in [0.29, 0.717) is 11.6 Å². The first-order valence-corrected chi connectivity index (χ1v) is 5.19. The van der Waals surface area contributed by atoms with Crippen molar-refractivity contribution in [2.45, 2.75) is 6.92 Å². The summed E-state index contributed by atoms with van der Waals surface area (Å²) in [5.41, 5.74) is 1.05. The van der Waals surface area contributed by atoms with Gasteiger partial charge in [0.15, 0.2) is 0 Å². The summed E-state index contributed by atoms with van der Waals surface area (Å²) in [7, 11) is 0. The maximum Gasteiger partial charge on any atom is 0.249 e. The highest BCUT2D eigenvalue weighted by atomic mass is 16.3. The van der Waals surface area contributed by atoms with E-state index in [2.05, 4.69) is 10.3 Å². The van der Waals surface area contributed by atoms with Crippen LogP contribution in [-0.4, -0.2) is 10.9 Å². The standard InChI is InChI=1S/C13H12N2O2/c1-10-6-7-14-12(9-10)15-13(16)5-4-11-3-2-8-17-11/h2-9H,1H3,(H,14,15,16)/b5-4+. The normalized spacial score (nSPS) is 10.6. The van der Waals surface area contributed by atoms with E-state index in [-0.39, 0.29) is 5.91 Å². The Morgan fingerprint density at radius 1 is 1.47 bits per heavy atom. The van der Waals surface area contributed by atoms with Crippen LogP contribution in [0.2, 0.25) is 0 Å². The monoisotopic (exact) mass is 228 g/mol. The smallest absolute Gasteiger partial charge is 0.249 e. The summed E-state index contributed by atoms with van der Waals surface area (Å²) in [6.45, 7) is 1.94. The van der Waals surface area contributed by atoms with Gasteiger partial charge in [0.05, 0.1) is 6.26 Å². The third-order valence-electron chi connectivity index (χ3n) is 2.11. The van der Waals surface area contributed by atoms with Gasteiger partial charge < -0.3 is 9.73 Å². The SMILES string of the molecule is Cc1ccnc(NC(=O)/C=C/c2ccco2)c1. The molecule has 0 radical (unpaired) electrons. The van der Waals surface area contributed by atoms with Gasteiger partial charge in [0.2, 0.25) is 5.91 Å². The minimum Gasteiger partial charge on any atom is -0.465 e. The lowest BCUT2D eigenvalue weighted by atomic mass is 10.3. The quantitative estimate of drug-likeness (QED) is 0.821. The van der Waals surface area contributed by atoms with Crippen LogP contribution in [0.5, 0.6) is 0 Å². The summed E-state index contributed by atoms with van der Waals surface area (Å²) in [5.74, 6) is 0.941. The van der Waals surface area contributed by atoms with E-state index in [1.54, 1.807) is 36.7 Å². The number of carbonyl (C=O) groups is 1. The molecule has 0 saturated heterocycles. The Bertz CT molecular complexity index is 530. The predicted octanol–water partition coefficient (Wildman–Crippen LogP) is 2.63. The summed E-state index contributed by atoms with van der Waals surface area (Å²) >= 11 is 0. The zero-order valence-electron chi connectivity index (χ0n) is 9.38. The van der Waals surface area contributed by atoms with Gasteiger partial charge >= 0.3 is 0 Å². The van der Waals surface area contributed by atoms with Crippen molar-refractivity contribution in [1.29, 1.82) is 0 Å². The minimum absolute atomic E-state index is 0.237. The number of hydrogen-bond acceptors (Lipinski definition) is 3. The molecule has 0 fully saturated rings. The number of furan rings is 1. The highest BCUT2D eigenvalue weighted by Gasteiger charge is 1.99. The van der Waals surface area contributed by atoms with Crippen molar-refractivity contribution in [1.82, 2.24) is 4.98 Å². The number of nitrogens with one attached hydrogen (secondary N) is 1. The fourth-order valence-electron chi connectivity index (χ4n) is 1.32. The van der Waals surface area contributed by atoms with E-state index in [1.807, 2.05) is 13.0 Å². The largest absolute Gasteiger partial charge is 0.465 e. The molecule has 0 aliphatic heterocycles. The van der Waals surface area contributed by atoms with Gasteiger partial charge in [-0.05, 0) is 42.8 Å². The Hall–Kier alpha value is -2.36. The van der Waals surface area contributed by atoms with E-state index in [0.717, 1.165) is 5.56 Å². The first-order valence-electron chi connectivity index (χ1n) is 5.19. The number of aryl methyl sites for hydroxylation is 1. The van der Waals surface area contributed by atoms with Crippen LogP contribution in [0.3, 0.4) is 0 Å². The summed E-state index contributed by atoms with van der Waals surface area (Å²) in [6.07, 6.45) is 6.22. The summed E-state index contributed by atoms with van der Waals surface area (Å²) < 4.78 is 5.07. The van der Waals surface area contributed by atoms with Crippen LogP contribution in [0.25, 0.3) is 6.08 Å². The highest BCUT2D eigenvalue weighted by Crippen LogP contribution is 2.06. The first-order chi connectivity index (χ1) is 8.24. The molecule has 1 N–H and O–H groups in total. The molecule has 0 spiro atoms. The molecule has 0 atom stereocenters. The number of aromatic nitrogens is 1. The van der Waals surface area contributed by atoms with Crippen LogP contribution in [0.15, 0.2) is 47.2 Å². The maximum absolute atomic E-state index is 11.5. The zero-order valence-corrected chi connectivity index (χ0v) is 9.38. The molecule has 2 aromatic rings. The van der Waals surface area contributed by atoms with Gasteiger partial charge in [0, 0.05) is 12.3 Å². The van der Waals surface area contributed by atoms with Crippen LogP contribution >= 0.6 is 0 Å². The van der Waals surface area contributed by atoms with Crippen LogP contribution in [0, 0.1) is 6.92 Å². The summed E-state index contributed by atoms with van der Waals surface area (Å²) in [4.78, 5) is 15.6. The summed E-state index contributed by atoms with van der Waals surface area (Å²) in [6, 6.07) is 7.21. The zero-order chi connectivity index (χ0) is 12.1. The van der Waals surface area contributed by atoms with Gasteiger partial charge in [0.1, 0.15) is 11.6 Å². The minimum atomic E-state index is -0.237. The molecule has 0 aromatic carbocycles. The van der Waals surface area contributed by atoms with Crippen molar-refractivity contribution >= 4 is 17.8 Å². The lowest BCUT2D eigenvalue weighted by molar-refractivity contribution is -0.111. The van der Waals surface area contributed by atoms with E-state index in [9.17, 15) is 4.79 Å². The fourth-order valence-corrected chi connectivity index (χ4v) is 1.32. The molecule has 86 valence electrons. The van der Waals surface area contributed by atoms with Crippen LogP contribution in [0.1, 0.15) is 11.3 Å². The molecule has 0 unspecified atom stereocenters. The number of nitrogens with zero attached hydrogens (tertiary/aromatic N) is 1. The Kier molecular flexibility index (Phi) is 3.35. The van der Waals surface area contributed by atoms with Gasteiger partial charge in [0.25, 0.3) is 0 Å². The lowest BCUT2D eigenvalue weighted by Gasteiger charge is -2.01. The number of rotatable bonds is 3. The van der Waals surface area contributed by atoms with Gasteiger partial charge in [-0.3, -0.25) is 4.79 Å². The van der Waals surface area contributed by atoms with Crippen LogP contribution < -0.4 is 5.32 Å². The van der Waals surface area contributed by atoms with Gasteiger partial charge in [-0.15, -0.1) is 0 Å². The van der Waals surface area contributed by atoms with Crippen molar-refractivity contribution in [3.05, 3.63) is 54.1 Å². The van der Waals surface area contributed by atoms with Gasteiger partial charge in [-0.1, -0.05) is 0 Å². The molecule has 0 bridgehead atoms. The molecule has 2 aromatic heterocycles. The second-order valence-corrected chi connectivity index (χ2v) is 3.56. The van der Waals surface area contributed by atoms with Crippen molar-refractivity contribution in [2.75, 3.05) is 5.32 Å². The third-order valence-corrected chi connectivity index (χ3v) is 2.11. The predicted molar refractivity (Wildman–Crippen MR) is 65.3 cm³/mol. The second-order valence-electron chi connectivity index (χ2n) is 3.56. The molecule has 17 heavy (non-hydrogen) atoms. The molecule has 2 rings (SSSR count). The molecule has 0 aliphatic rings. The molecule has 0 saturated carbocycles. The molecule has 2 heterocycles. The molecule has 4 nitrogen and oxygen atoms in total. The van der Waals surface area contributed by atoms with E-state index in [4.69, 9.17) is 4.42 Å². The Morgan fingerprint density at radius 3 is 3.06 bits per heavy atom. The second kappa shape index (κ2) is 5.12. The number of amides is 1. The number of anilines is 1. The molecule has 0 aliphatic carbocycles. The van der Waals surface area contributed by atoms with E-state index < -0.39 is 0 Å². The van der Waals surface area contributed by atoms with Gasteiger partial charge in [-0.2, -0.15) is 0 Å². The average molecular weight is 228 g/mol. The van der Waals surface area contributed by atoms with Crippen molar-refractivity contribution in [3.8, 4) is 0 Å². The fraction of sp³-hybridized carbons (Fsp3) is 0.0769. The Morgan fingerprint density at radius 2 is 2.35 bits per heavy atom. The molecular formula is C13H12N2O2. The van der Waals surface area contributed by atoms with Crippen molar-refractivity contribution in [2.24, 2.45) is 0 Å². The lowest BCUT2D eigenvalue weighted by Crippen LogP contribution is -2.09. The summed E-state index contributed by atoms with van der Waals surface area (Å²) in [5, 5.41) is 2.67. The van der Waals surface area contributed by atoms with Crippen LogP contribution in [0.4, 0.5) is 5.82 Å². The average Bonchev–Trinajstić information content (AvgIpc) is 2.79. The third kappa shape index (κ3) is 3.31. The Balaban J connectivity index is 1.98. The van der Waals surface area contributed by atoms with Crippen molar-refractivity contribution in [3.63, 3.8) is 0 Å². The number of pyridine rings is 1. The molecule has 1 amide bonds. The van der Waals surface area contributed by atoms with E-state index in [1.165, 1.54) is 6.08 Å².